The van der Waals surface area contributed by atoms with Crippen molar-refractivity contribution in [1.29, 1.82) is 0 Å². The molecule has 208 valence electrons. The third-order valence-electron chi connectivity index (χ3n) is 6.09. The van der Waals surface area contributed by atoms with Gasteiger partial charge < -0.3 is 26.7 Å². The largest absolute Gasteiger partial charge is 0.452 e. The summed E-state index contributed by atoms with van der Waals surface area (Å²) in [6.07, 6.45) is -3.89. The lowest BCUT2D eigenvalue weighted by molar-refractivity contribution is -0.173. The van der Waals surface area contributed by atoms with E-state index in [1.165, 1.54) is 6.20 Å². The molecule has 0 spiro atoms. The van der Waals surface area contributed by atoms with Crippen molar-refractivity contribution in [3.63, 3.8) is 0 Å². The minimum Gasteiger partial charge on any atom is -0.361 e. The van der Waals surface area contributed by atoms with Gasteiger partial charge in [0.1, 0.15) is 12.1 Å². The second-order valence-corrected chi connectivity index (χ2v) is 8.97. The second kappa shape index (κ2) is 13.1. The molecule has 39 heavy (non-hydrogen) atoms. The highest BCUT2D eigenvalue weighted by atomic mass is 19.4. The van der Waals surface area contributed by atoms with Gasteiger partial charge in [-0.2, -0.15) is 13.2 Å². The molecular weight excluding hydrogens is 515 g/mol. The van der Waals surface area contributed by atoms with E-state index in [0.717, 1.165) is 5.56 Å². The maximum Gasteiger partial charge on any atom is 0.452 e. The van der Waals surface area contributed by atoms with Crippen LogP contribution in [-0.2, 0) is 38.6 Å². The number of hydrogen-bond acceptors (Lipinski definition) is 5. The molecule has 3 aromatic rings. The second-order valence-electron chi connectivity index (χ2n) is 8.97. The minimum absolute atomic E-state index is 0.1000. The summed E-state index contributed by atoms with van der Waals surface area (Å²) in [7, 11) is 0. The number of ketones is 1. The lowest BCUT2D eigenvalue weighted by Gasteiger charge is -2.21. The van der Waals surface area contributed by atoms with E-state index in [9.17, 15) is 32.3 Å². The van der Waals surface area contributed by atoms with Crippen molar-refractivity contribution in [2.45, 2.75) is 51.0 Å². The summed E-state index contributed by atoms with van der Waals surface area (Å²) >= 11 is 0. The first-order valence-corrected chi connectivity index (χ1v) is 12.3. The number of rotatable bonds is 12. The van der Waals surface area contributed by atoms with E-state index in [4.69, 9.17) is 5.73 Å². The van der Waals surface area contributed by atoms with Crippen LogP contribution < -0.4 is 21.7 Å². The number of aromatic amines is 1. The quantitative estimate of drug-likeness (QED) is 0.236. The number of halogens is 3. The van der Waals surface area contributed by atoms with E-state index < -0.39 is 54.7 Å². The van der Waals surface area contributed by atoms with Crippen LogP contribution in [0.25, 0.3) is 10.9 Å². The number of nitrogens with two attached hydrogens (primary N) is 1. The molecule has 0 aliphatic carbocycles. The van der Waals surface area contributed by atoms with E-state index in [-0.39, 0.29) is 19.4 Å². The number of H-pyrrole nitrogens is 1. The molecule has 0 aliphatic rings. The van der Waals surface area contributed by atoms with Crippen LogP contribution in [0.3, 0.4) is 0 Å². The van der Waals surface area contributed by atoms with E-state index in [2.05, 4.69) is 20.9 Å². The Kier molecular flexibility index (Phi) is 9.83. The molecule has 0 saturated carbocycles. The van der Waals surface area contributed by atoms with Gasteiger partial charge in [-0.1, -0.05) is 49.4 Å². The van der Waals surface area contributed by atoms with Gasteiger partial charge in [0.2, 0.25) is 17.7 Å². The van der Waals surface area contributed by atoms with Crippen molar-refractivity contribution < 1.29 is 32.3 Å². The molecule has 2 unspecified atom stereocenters. The molecule has 1 heterocycles. The number of aromatic nitrogens is 1. The van der Waals surface area contributed by atoms with E-state index >= 15 is 0 Å². The number of amides is 3. The molecular formula is C27H30F3N5O4. The summed E-state index contributed by atoms with van der Waals surface area (Å²) in [5.41, 5.74) is 8.28. The number of para-hydroxylation sites is 1. The Morgan fingerprint density at radius 3 is 2.31 bits per heavy atom. The molecule has 2 atom stereocenters. The number of benzene rings is 2. The van der Waals surface area contributed by atoms with Crippen molar-refractivity contribution >= 4 is 34.4 Å². The van der Waals surface area contributed by atoms with Gasteiger partial charge >= 0.3 is 6.18 Å². The molecule has 0 aliphatic heterocycles. The van der Waals surface area contributed by atoms with Crippen LogP contribution in [0.5, 0.6) is 0 Å². The van der Waals surface area contributed by atoms with Crippen LogP contribution in [-0.4, -0.2) is 53.3 Å². The topological polar surface area (TPSA) is 146 Å². The number of alkyl halides is 3. The number of carbonyl (C=O) groups is 4. The summed E-state index contributed by atoms with van der Waals surface area (Å²) in [5, 5.41) is 7.64. The Hall–Kier alpha value is -4.19. The average molecular weight is 546 g/mol. The molecule has 1 aromatic heterocycles. The van der Waals surface area contributed by atoms with Crippen molar-refractivity contribution in [2.24, 2.45) is 5.73 Å². The molecule has 0 radical (unpaired) electrons. The van der Waals surface area contributed by atoms with Crippen LogP contribution in [0.1, 0.15) is 30.0 Å². The first kappa shape index (κ1) is 29.4. The van der Waals surface area contributed by atoms with Crippen LogP contribution in [0.4, 0.5) is 13.2 Å². The van der Waals surface area contributed by atoms with E-state index in [1.807, 2.05) is 6.07 Å². The van der Waals surface area contributed by atoms with Gasteiger partial charge in [-0.25, -0.2) is 0 Å². The zero-order valence-corrected chi connectivity index (χ0v) is 21.2. The molecule has 3 amide bonds. The predicted molar refractivity (Wildman–Crippen MR) is 138 cm³/mol. The lowest BCUT2D eigenvalue weighted by atomic mass is 10.0. The maximum atomic E-state index is 13.3. The Bertz CT molecular complexity index is 1340. The van der Waals surface area contributed by atoms with Gasteiger partial charge in [-0.3, -0.25) is 19.2 Å². The highest BCUT2D eigenvalue weighted by molar-refractivity contribution is 5.95. The molecule has 0 saturated heterocycles. The van der Waals surface area contributed by atoms with Crippen molar-refractivity contribution in [3.8, 4) is 0 Å². The minimum atomic E-state index is -5.18. The first-order chi connectivity index (χ1) is 18.5. The summed E-state index contributed by atoms with van der Waals surface area (Å²) in [6, 6.07) is 11.0. The van der Waals surface area contributed by atoms with Crippen molar-refractivity contribution in [3.05, 3.63) is 71.4 Å². The summed E-state index contributed by atoms with van der Waals surface area (Å²) in [6.45, 7) is 1.19. The fraction of sp³-hybridized carbons (Fsp3) is 0.333. The van der Waals surface area contributed by atoms with Crippen LogP contribution in [0.15, 0.2) is 54.7 Å². The molecule has 0 fully saturated rings. The van der Waals surface area contributed by atoms with Crippen LogP contribution in [0, 0.1) is 0 Å². The number of hydrogen-bond donors (Lipinski definition) is 5. The molecule has 2 aromatic carbocycles. The summed E-state index contributed by atoms with van der Waals surface area (Å²) in [5.74, 6) is -4.21. The number of Topliss-reactive ketones (excluding diaryl/α,β-unsaturated/α-hetero) is 1. The average Bonchev–Trinajstić information content (AvgIpc) is 3.32. The fourth-order valence-corrected chi connectivity index (χ4v) is 4.09. The Morgan fingerprint density at radius 2 is 1.62 bits per heavy atom. The smallest absolute Gasteiger partial charge is 0.361 e. The predicted octanol–water partition coefficient (Wildman–Crippen LogP) is 2.04. The summed E-state index contributed by atoms with van der Waals surface area (Å²) < 4.78 is 39.9. The van der Waals surface area contributed by atoms with Gasteiger partial charge in [-0.15, -0.1) is 0 Å². The monoisotopic (exact) mass is 545 g/mol. The Labute approximate surface area is 222 Å². The molecule has 0 bridgehead atoms. The maximum absolute atomic E-state index is 13.3. The number of fused-ring (bicyclic) bond motifs is 1. The number of nitrogens with one attached hydrogen (secondary N) is 4. The Morgan fingerprint density at radius 1 is 0.923 bits per heavy atom. The van der Waals surface area contributed by atoms with E-state index in [0.29, 0.717) is 22.0 Å². The normalized spacial score (nSPS) is 12.9. The zero-order chi connectivity index (χ0) is 28.6. The third-order valence-corrected chi connectivity index (χ3v) is 6.09. The molecule has 6 N–H and O–H groups in total. The highest BCUT2D eigenvalue weighted by Crippen LogP contribution is 2.23. The summed E-state index contributed by atoms with van der Waals surface area (Å²) in [4.78, 5) is 52.5. The lowest BCUT2D eigenvalue weighted by Crippen LogP contribution is -2.53. The SMILES string of the molecule is CCC(=O)NC(Cc1cccc(CN)c1)C(=O)NCC(=O)NC(Cc1c[nH]c2ccccc12)C(=O)C(F)(F)F. The zero-order valence-electron chi connectivity index (χ0n) is 21.2. The van der Waals surface area contributed by atoms with Crippen molar-refractivity contribution in [2.75, 3.05) is 6.54 Å². The van der Waals surface area contributed by atoms with Crippen molar-refractivity contribution in [1.82, 2.24) is 20.9 Å². The molecule has 12 heteroatoms. The highest BCUT2D eigenvalue weighted by Gasteiger charge is 2.44. The van der Waals surface area contributed by atoms with Gasteiger partial charge in [0.05, 0.1) is 6.54 Å². The Balaban J connectivity index is 1.69. The van der Waals surface area contributed by atoms with Crippen LogP contribution >= 0.6 is 0 Å². The van der Waals surface area contributed by atoms with Gasteiger partial charge in [-0.05, 0) is 22.8 Å². The van der Waals surface area contributed by atoms with Gasteiger partial charge in [0.15, 0.2) is 0 Å². The fourth-order valence-electron chi connectivity index (χ4n) is 4.09. The molecule has 3 rings (SSSR count). The standard InChI is InChI=1S/C27H30F3N5O4/c1-2-23(36)35-22(11-16-6-5-7-17(10-16)13-31)26(39)33-15-24(37)34-21(25(38)27(28,29)30)12-18-14-32-20-9-4-3-8-19(18)20/h3-10,14,21-22,32H,2,11-13,15,31H2,1H3,(H,33,39)(H,34,37)(H,35,36). The number of carbonyl (C=O) groups excluding carboxylic acids is 4. The van der Waals surface area contributed by atoms with Gasteiger partial charge in [0, 0.05) is 42.9 Å². The van der Waals surface area contributed by atoms with E-state index in [1.54, 1.807) is 49.4 Å². The molecule has 9 nitrogen and oxygen atoms in total. The first-order valence-electron chi connectivity index (χ1n) is 12.3. The third kappa shape index (κ3) is 8.14. The van der Waals surface area contributed by atoms with Crippen LogP contribution in [0.2, 0.25) is 0 Å². The van der Waals surface area contributed by atoms with Gasteiger partial charge in [0.25, 0.3) is 5.78 Å².